The molecule has 3 rings (SSSR count). The highest BCUT2D eigenvalue weighted by molar-refractivity contribution is 5.89. The van der Waals surface area contributed by atoms with Crippen LogP contribution in [0.25, 0.3) is 10.9 Å². The Bertz CT molecular complexity index is 1050. The number of rotatable bonds is 12. The molecule has 0 spiro atoms. The van der Waals surface area contributed by atoms with Gasteiger partial charge in [-0.25, -0.2) is 4.79 Å². The van der Waals surface area contributed by atoms with Crippen molar-refractivity contribution in [1.29, 1.82) is 0 Å². The highest BCUT2D eigenvalue weighted by Gasteiger charge is 2.13. The van der Waals surface area contributed by atoms with Gasteiger partial charge in [-0.2, -0.15) is 0 Å². The highest BCUT2D eigenvalue weighted by Crippen LogP contribution is 2.37. The van der Waals surface area contributed by atoms with Gasteiger partial charge in [-0.1, -0.05) is 0 Å². The number of nitrogens with one attached hydrogen (secondary N) is 2. The Labute approximate surface area is 191 Å². The molecule has 0 fully saturated rings. The number of halogens is 1. The van der Waals surface area contributed by atoms with Crippen LogP contribution in [-0.4, -0.2) is 51.3 Å². The van der Waals surface area contributed by atoms with Crippen LogP contribution in [0, 0.1) is 0 Å². The van der Waals surface area contributed by atoms with Crippen LogP contribution < -0.4 is 30.6 Å². The van der Waals surface area contributed by atoms with Crippen LogP contribution in [-0.2, 0) is 4.74 Å². The van der Waals surface area contributed by atoms with Gasteiger partial charge in [0.25, 0.3) is 0 Å². The number of amides is 2. The summed E-state index contributed by atoms with van der Waals surface area (Å²) >= 11 is 0. The first kappa shape index (κ1) is 24.0. The fourth-order valence-electron chi connectivity index (χ4n) is 2.95. The molecule has 3 aromatic rings. The Hall–Kier alpha value is -3.63. The number of methoxy groups -OCH3 is 1. The summed E-state index contributed by atoms with van der Waals surface area (Å²) < 4.78 is 34.4. The molecular weight excluding hydrogens is 431 g/mol. The van der Waals surface area contributed by atoms with E-state index in [1.54, 1.807) is 55.8 Å². The minimum Gasteiger partial charge on any atom is -0.487 e. The molecule has 1 heterocycles. The highest BCUT2D eigenvalue weighted by atomic mass is 19.1. The lowest BCUT2D eigenvalue weighted by Gasteiger charge is -2.15. The van der Waals surface area contributed by atoms with Crippen molar-refractivity contribution in [2.75, 3.05) is 45.6 Å². The van der Waals surface area contributed by atoms with Crippen LogP contribution in [0.5, 0.6) is 23.0 Å². The topological polar surface area (TPSA) is 117 Å². The minimum atomic E-state index is -0.474. The number of nitrogens with zero attached hydrogens (tertiary/aromatic N) is 1. The Morgan fingerprint density at radius 1 is 1.06 bits per heavy atom. The van der Waals surface area contributed by atoms with E-state index in [4.69, 9.17) is 24.7 Å². The van der Waals surface area contributed by atoms with Crippen LogP contribution in [0.2, 0.25) is 0 Å². The van der Waals surface area contributed by atoms with E-state index < -0.39 is 12.7 Å². The zero-order chi connectivity index (χ0) is 23.5. The molecule has 0 saturated heterocycles. The maximum Gasteiger partial charge on any atom is 0.319 e. The number of fused-ring (bicyclic) bond motifs is 1. The molecule has 2 aromatic carbocycles. The lowest BCUT2D eigenvalue weighted by atomic mass is 10.1. The summed E-state index contributed by atoms with van der Waals surface area (Å²) in [5.41, 5.74) is 6.81. The van der Waals surface area contributed by atoms with Crippen molar-refractivity contribution in [3.8, 4) is 23.0 Å². The molecule has 176 valence electrons. The van der Waals surface area contributed by atoms with E-state index in [0.29, 0.717) is 47.4 Å². The van der Waals surface area contributed by atoms with Gasteiger partial charge in [0.15, 0.2) is 11.5 Å². The molecule has 4 N–H and O–H groups in total. The van der Waals surface area contributed by atoms with E-state index in [-0.39, 0.29) is 19.7 Å². The van der Waals surface area contributed by atoms with Crippen LogP contribution in [0.4, 0.5) is 14.9 Å². The number of ether oxygens (including phenoxy) is 4. The van der Waals surface area contributed by atoms with E-state index in [1.807, 2.05) is 0 Å². The lowest BCUT2D eigenvalue weighted by Crippen LogP contribution is -2.29. The standard InChI is InChI=1S/C23H27FN4O5/c1-30-11-12-31-22-14-19-18(13-21(22)32-15-25)20(7-10-26-19)33-17-5-3-16(4-6-17)28-23(29)27-9-2-8-24/h3-7,10,13-14H,2,8-9,11-12,15,25H2,1H3,(H2,27,28,29). The average molecular weight is 458 g/mol. The number of anilines is 1. The molecule has 2 amide bonds. The third kappa shape index (κ3) is 6.93. The summed E-state index contributed by atoms with van der Waals surface area (Å²) in [6.07, 6.45) is 1.91. The molecule has 9 nitrogen and oxygen atoms in total. The fourth-order valence-corrected chi connectivity index (χ4v) is 2.95. The van der Waals surface area contributed by atoms with Crippen LogP contribution >= 0.6 is 0 Å². The van der Waals surface area contributed by atoms with E-state index in [1.165, 1.54) is 0 Å². The Morgan fingerprint density at radius 3 is 2.58 bits per heavy atom. The largest absolute Gasteiger partial charge is 0.487 e. The van der Waals surface area contributed by atoms with Crippen molar-refractivity contribution < 1.29 is 28.1 Å². The second-order valence-corrected chi connectivity index (χ2v) is 6.83. The van der Waals surface area contributed by atoms with E-state index in [2.05, 4.69) is 15.6 Å². The number of hydrogen-bond donors (Lipinski definition) is 3. The molecule has 1 aromatic heterocycles. The Balaban J connectivity index is 1.75. The third-order valence-electron chi connectivity index (χ3n) is 4.49. The molecule has 0 bridgehead atoms. The summed E-state index contributed by atoms with van der Waals surface area (Å²) in [7, 11) is 1.60. The predicted octanol–water partition coefficient (Wildman–Crippen LogP) is 3.83. The molecule has 0 saturated carbocycles. The number of carbonyl (C=O) groups excluding carboxylic acids is 1. The second-order valence-electron chi connectivity index (χ2n) is 6.83. The number of nitrogens with two attached hydrogens (primary N) is 1. The number of aromatic nitrogens is 1. The van der Waals surface area contributed by atoms with Gasteiger partial charge in [-0.3, -0.25) is 15.1 Å². The average Bonchev–Trinajstić information content (AvgIpc) is 2.81. The summed E-state index contributed by atoms with van der Waals surface area (Å²) in [4.78, 5) is 16.2. The third-order valence-corrected chi connectivity index (χ3v) is 4.49. The molecule has 0 aliphatic rings. The van der Waals surface area contributed by atoms with Crippen molar-refractivity contribution in [2.24, 2.45) is 5.73 Å². The van der Waals surface area contributed by atoms with Crippen molar-refractivity contribution >= 4 is 22.6 Å². The Morgan fingerprint density at radius 2 is 1.85 bits per heavy atom. The maximum atomic E-state index is 12.1. The van der Waals surface area contributed by atoms with Gasteiger partial charge >= 0.3 is 6.03 Å². The van der Waals surface area contributed by atoms with Crippen molar-refractivity contribution in [3.63, 3.8) is 0 Å². The van der Waals surface area contributed by atoms with Crippen molar-refractivity contribution in [3.05, 3.63) is 48.7 Å². The van der Waals surface area contributed by atoms with E-state index in [0.717, 1.165) is 5.39 Å². The molecular formula is C23H27FN4O5. The van der Waals surface area contributed by atoms with Gasteiger partial charge in [-0.15, -0.1) is 0 Å². The molecule has 0 unspecified atom stereocenters. The maximum absolute atomic E-state index is 12.1. The smallest absolute Gasteiger partial charge is 0.319 e. The fraction of sp³-hybridized carbons (Fsp3) is 0.304. The first-order valence-electron chi connectivity index (χ1n) is 10.4. The zero-order valence-corrected chi connectivity index (χ0v) is 18.3. The number of urea groups is 1. The predicted molar refractivity (Wildman–Crippen MR) is 123 cm³/mol. The van der Waals surface area contributed by atoms with E-state index >= 15 is 0 Å². The van der Waals surface area contributed by atoms with Crippen molar-refractivity contribution in [1.82, 2.24) is 10.3 Å². The quantitative estimate of drug-likeness (QED) is 0.279. The van der Waals surface area contributed by atoms with Gasteiger partial charge < -0.3 is 29.6 Å². The summed E-state index contributed by atoms with van der Waals surface area (Å²) in [5.74, 6) is 2.11. The summed E-state index contributed by atoms with van der Waals surface area (Å²) in [6, 6.07) is 11.7. The molecule has 0 aliphatic carbocycles. The lowest BCUT2D eigenvalue weighted by molar-refractivity contribution is 0.143. The second kappa shape index (κ2) is 12.4. The van der Waals surface area contributed by atoms with Gasteiger partial charge in [0.2, 0.25) is 0 Å². The summed E-state index contributed by atoms with van der Waals surface area (Å²) in [5, 5.41) is 5.97. The van der Waals surface area contributed by atoms with Gasteiger partial charge in [0.05, 0.1) is 18.8 Å². The van der Waals surface area contributed by atoms with E-state index in [9.17, 15) is 9.18 Å². The van der Waals surface area contributed by atoms with Crippen molar-refractivity contribution in [2.45, 2.75) is 6.42 Å². The Kier molecular flexibility index (Phi) is 9.04. The minimum absolute atomic E-state index is 0.0155. The molecule has 0 radical (unpaired) electrons. The normalized spacial score (nSPS) is 10.6. The number of carbonyl (C=O) groups is 1. The number of benzene rings is 2. The summed E-state index contributed by atoms with van der Waals surface area (Å²) in [6.45, 7) is 0.568. The zero-order valence-electron chi connectivity index (χ0n) is 18.3. The number of pyridine rings is 1. The first-order valence-corrected chi connectivity index (χ1v) is 10.4. The molecule has 33 heavy (non-hydrogen) atoms. The first-order chi connectivity index (χ1) is 16.1. The van der Waals surface area contributed by atoms with Gasteiger partial charge in [0.1, 0.15) is 24.8 Å². The van der Waals surface area contributed by atoms with Crippen LogP contribution in [0.3, 0.4) is 0 Å². The monoisotopic (exact) mass is 458 g/mol. The molecule has 0 aliphatic heterocycles. The SMILES string of the molecule is COCCOc1cc2nccc(Oc3ccc(NC(=O)NCCCF)cc3)c2cc1OCN. The van der Waals surface area contributed by atoms with Gasteiger partial charge in [-0.05, 0) is 42.8 Å². The number of hydrogen-bond acceptors (Lipinski definition) is 7. The van der Waals surface area contributed by atoms with Crippen LogP contribution in [0.15, 0.2) is 48.7 Å². The van der Waals surface area contributed by atoms with Gasteiger partial charge in [0, 0.05) is 37.0 Å². The molecule has 0 atom stereocenters. The van der Waals surface area contributed by atoms with Crippen LogP contribution in [0.1, 0.15) is 6.42 Å². The molecule has 10 heteroatoms. The number of alkyl halides is 1.